The maximum absolute atomic E-state index is 11.8. The van der Waals surface area contributed by atoms with E-state index in [-0.39, 0.29) is 0 Å². The molecule has 0 spiro atoms. The fraction of sp³-hybridized carbons (Fsp3) is 0.444. The van der Waals surface area contributed by atoms with Gasteiger partial charge in [0.1, 0.15) is 12.1 Å². The van der Waals surface area contributed by atoms with Gasteiger partial charge in [0.25, 0.3) is 0 Å². The first-order chi connectivity index (χ1) is 16.0. The average molecular weight is 444 g/mol. The van der Waals surface area contributed by atoms with Crippen molar-refractivity contribution < 1.29 is 4.79 Å². The molecule has 1 aliphatic rings. The van der Waals surface area contributed by atoms with E-state index in [2.05, 4.69) is 71.1 Å². The molecule has 1 saturated heterocycles. The lowest BCUT2D eigenvalue weighted by molar-refractivity contribution is -0.120. The number of Topliss-reactive ketones (excluding diaryl/α,β-unsaturated/α-hetero) is 1. The molecular weight excluding hydrogens is 410 g/mol. The molecule has 4 aromatic rings. The molecule has 0 amide bonds. The highest BCUT2D eigenvalue weighted by molar-refractivity contribution is 5.94. The molecule has 6 heteroatoms. The van der Waals surface area contributed by atoms with E-state index in [4.69, 9.17) is 0 Å². The maximum Gasteiger partial charge on any atom is 0.164 e. The number of aromatic nitrogens is 4. The standard InChI is InChI=1S/C27H33N5O/c1-5-21(33)15-31-12-10-19(11-13-31)20-7-9-24-23(14-20)25(17(2)3)26(30-24)22-8-6-18(4)32-27(22)28-16-29-32/h6-9,14,16-17,19,30H,5,10-13,15H2,1-4H3. The molecule has 4 heterocycles. The Morgan fingerprint density at radius 2 is 1.97 bits per heavy atom. The van der Waals surface area contributed by atoms with Crippen LogP contribution in [0.1, 0.15) is 68.7 Å². The minimum absolute atomic E-state index is 0.342. The summed E-state index contributed by atoms with van der Waals surface area (Å²) < 4.78 is 1.91. The van der Waals surface area contributed by atoms with Gasteiger partial charge in [-0.1, -0.05) is 26.8 Å². The number of aromatic amines is 1. The molecule has 6 nitrogen and oxygen atoms in total. The van der Waals surface area contributed by atoms with Crippen LogP contribution >= 0.6 is 0 Å². The van der Waals surface area contributed by atoms with Crippen LogP contribution in [0.2, 0.25) is 0 Å². The van der Waals surface area contributed by atoms with Crippen LogP contribution in [0.3, 0.4) is 0 Å². The molecule has 33 heavy (non-hydrogen) atoms. The molecule has 0 saturated carbocycles. The summed E-state index contributed by atoms with van der Waals surface area (Å²) in [5.41, 5.74) is 8.11. The number of benzene rings is 1. The largest absolute Gasteiger partial charge is 0.354 e. The second-order valence-corrected chi connectivity index (χ2v) is 9.70. The molecule has 1 aromatic carbocycles. The number of piperidine rings is 1. The van der Waals surface area contributed by atoms with Crippen LogP contribution < -0.4 is 0 Å². The van der Waals surface area contributed by atoms with E-state index in [1.807, 2.05) is 11.4 Å². The van der Waals surface area contributed by atoms with Gasteiger partial charge in [-0.15, -0.1) is 0 Å². The monoisotopic (exact) mass is 443 g/mol. The summed E-state index contributed by atoms with van der Waals surface area (Å²) in [4.78, 5) is 22.4. The van der Waals surface area contributed by atoms with E-state index in [1.54, 1.807) is 6.33 Å². The predicted molar refractivity (Wildman–Crippen MR) is 133 cm³/mol. The van der Waals surface area contributed by atoms with E-state index >= 15 is 0 Å². The molecule has 5 rings (SSSR count). The maximum atomic E-state index is 11.8. The lowest BCUT2D eigenvalue weighted by atomic mass is 9.87. The van der Waals surface area contributed by atoms with Crippen molar-refractivity contribution in [3.63, 3.8) is 0 Å². The minimum atomic E-state index is 0.342. The topological polar surface area (TPSA) is 66.3 Å². The number of likely N-dealkylation sites (tertiary alicyclic amines) is 1. The molecule has 0 bridgehead atoms. The number of nitrogens with zero attached hydrogens (tertiary/aromatic N) is 4. The molecule has 0 atom stereocenters. The van der Waals surface area contributed by atoms with Gasteiger partial charge in [0.15, 0.2) is 5.65 Å². The van der Waals surface area contributed by atoms with Gasteiger partial charge in [0.2, 0.25) is 0 Å². The van der Waals surface area contributed by atoms with Gasteiger partial charge in [0, 0.05) is 28.6 Å². The van der Waals surface area contributed by atoms with Crippen LogP contribution in [-0.2, 0) is 4.79 Å². The van der Waals surface area contributed by atoms with Gasteiger partial charge < -0.3 is 4.98 Å². The number of fused-ring (bicyclic) bond motifs is 2. The van der Waals surface area contributed by atoms with Crippen molar-refractivity contribution in [3.05, 3.63) is 53.5 Å². The number of ketones is 1. The predicted octanol–water partition coefficient (Wildman–Crippen LogP) is 5.47. The van der Waals surface area contributed by atoms with Crippen LogP contribution in [0.5, 0.6) is 0 Å². The van der Waals surface area contributed by atoms with Crippen LogP contribution in [-0.4, -0.2) is 49.9 Å². The van der Waals surface area contributed by atoms with Gasteiger partial charge >= 0.3 is 0 Å². The Bertz CT molecular complexity index is 1310. The second kappa shape index (κ2) is 8.75. The number of carbonyl (C=O) groups is 1. The number of H-pyrrole nitrogens is 1. The third-order valence-corrected chi connectivity index (χ3v) is 7.18. The summed E-state index contributed by atoms with van der Waals surface area (Å²) in [5, 5.41) is 5.71. The smallest absolute Gasteiger partial charge is 0.164 e. The first-order valence-electron chi connectivity index (χ1n) is 12.2. The molecule has 172 valence electrons. The second-order valence-electron chi connectivity index (χ2n) is 9.70. The van der Waals surface area contributed by atoms with Crippen molar-refractivity contribution in [1.29, 1.82) is 0 Å². The third kappa shape index (κ3) is 3.97. The van der Waals surface area contributed by atoms with Crippen molar-refractivity contribution >= 4 is 22.3 Å². The molecule has 1 aliphatic heterocycles. The Labute approximate surface area is 195 Å². The summed E-state index contributed by atoms with van der Waals surface area (Å²) >= 11 is 0. The van der Waals surface area contributed by atoms with Crippen molar-refractivity contribution in [2.75, 3.05) is 19.6 Å². The molecule has 3 aromatic heterocycles. The molecule has 0 unspecified atom stereocenters. The average Bonchev–Trinajstić information content (AvgIpc) is 3.45. The third-order valence-electron chi connectivity index (χ3n) is 7.18. The SMILES string of the molecule is CCC(=O)CN1CCC(c2ccc3[nH]c(-c4ccc(C)n5ncnc45)c(C(C)C)c3c2)CC1. The van der Waals surface area contributed by atoms with Crippen molar-refractivity contribution in [1.82, 2.24) is 24.5 Å². The fourth-order valence-electron chi connectivity index (χ4n) is 5.31. The van der Waals surface area contributed by atoms with Gasteiger partial charge in [-0.2, -0.15) is 5.10 Å². The van der Waals surface area contributed by atoms with Gasteiger partial charge in [-0.25, -0.2) is 9.50 Å². The number of nitrogens with one attached hydrogen (secondary N) is 1. The van der Waals surface area contributed by atoms with Crippen molar-refractivity contribution in [2.24, 2.45) is 0 Å². The lowest BCUT2D eigenvalue weighted by Crippen LogP contribution is -2.36. The summed E-state index contributed by atoms with van der Waals surface area (Å²) in [7, 11) is 0. The number of rotatable bonds is 6. The van der Waals surface area contributed by atoms with Gasteiger partial charge in [0.05, 0.1) is 12.2 Å². The van der Waals surface area contributed by atoms with Crippen LogP contribution in [0, 0.1) is 6.92 Å². The zero-order chi connectivity index (χ0) is 23.1. The minimum Gasteiger partial charge on any atom is -0.354 e. The van der Waals surface area contributed by atoms with Crippen LogP contribution in [0.15, 0.2) is 36.7 Å². The number of aryl methyl sites for hydroxylation is 1. The van der Waals surface area contributed by atoms with Crippen LogP contribution in [0.25, 0.3) is 27.8 Å². The number of hydrogen-bond donors (Lipinski definition) is 1. The number of hydrogen-bond acceptors (Lipinski definition) is 4. The zero-order valence-corrected chi connectivity index (χ0v) is 20.1. The van der Waals surface area contributed by atoms with Crippen molar-refractivity contribution in [3.8, 4) is 11.3 Å². The summed E-state index contributed by atoms with van der Waals surface area (Å²) in [6.07, 6.45) is 4.47. The lowest BCUT2D eigenvalue weighted by Gasteiger charge is -2.31. The molecular formula is C27H33N5O. The number of pyridine rings is 1. The molecule has 1 N–H and O–H groups in total. The quantitative estimate of drug-likeness (QED) is 0.429. The van der Waals surface area contributed by atoms with Crippen molar-refractivity contribution in [2.45, 2.75) is 58.8 Å². The van der Waals surface area contributed by atoms with E-state index < -0.39 is 0 Å². The number of carbonyl (C=O) groups excluding carboxylic acids is 1. The molecule has 0 aliphatic carbocycles. The fourth-order valence-corrected chi connectivity index (χ4v) is 5.31. The van der Waals surface area contributed by atoms with Gasteiger partial charge in [-0.3, -0.25) is 9.69 Å². The van der Waals surface area contributed by atoms with E-state index in [0.29, 0.717) is 30.6 Å². The Kier molecular flexibility index (Phi) is 5.79. The summed E-state index contributed by atoms with van der Waals surface area (Å²) in [6, 6.07) is 11.2. The van der Waals surface area contributed by atoms with Gasteiger partial charge in [-0.05, 0) is 80.1 Å². The summed E-state index contributed by atoms with van der Waals surface area (Å²) in [5.74, 6) is 1.26. The normalized spacial score (nSPS) is 15.8. The van der Waals surface area contributed by atoms with E-state index in [9.17, 15) is 4.79 Å². The highest BCUT2D eigenvalue weighted by Crippen LogP contribution is 2.39. The molecule has 1 fully saturated rings. The Morgan fingerprint density at radius 3 is 2.70 bits per heavy atom. The molecule has 0 radical (unpaired) electrons. The first-order valence-corrected chi connectivity index (χ1v) is 12.2. The first kappa shape index (κ1) is 21.8. The zero-order valence-electron chi connectivity index (χ0n) is 20.1. The highest BCUT2D eigenvalue weighted by atomic mass is 16.1. The summed E-state index contributed by atoms with van der Waals surface area (Å²) in [6.45, 7) is 11.1. The highest BCUT2D eigenvalue weighted by Gasteiger charge is 2.24. The van der Waals surface area contributed by atoms with E-state index in [0.717, 1.165) is 48.5 Å². The Hall–Kier alpha value is -2.99. The van der Waals surface area contributed by atoms with E-state index in [1.165, 1.54) is 22.0 Å². The van der Waals surface area contributed by atoms with Crippen LogP contribution in [0.4, 0.5) is 0 Å². The Balaban J connectivity index is 1.50. The Morgan fingerprint density at radius 1 is 1.18 bits per heavy atom.